The lowest BCUT2D eigenvalue weighted by Crippen LogP contribution is -2.38. The normalized spacial score (nSPS) is 15.8. The maximum Gasteiger partial charge on any atom is 0.216 e. The molecular formula is C15H25N5O. The Labute approximate surface area is 126 Å². The van der Waals surface area contributed by atoms with Gasteiger partial charge in [0, 0.05) is 39.2 Å². The highest BCUT2D eigenvalue weighted by molar-refractivity contribution is 5.72. The Kier molecular flexibility index (Phi) is 5.78. The summed E-state index contributed by atoms with van der Waals surface area (Å²) in [5, 5.41) is 6.20. The summed E-state index contributed by atoms with van der Waals surface area (Å²) in [5.41, 5.74) is 0. The van der Waals surface area contributed by atoms with Crippen LogP contribution < -0.4 is 15.5 Å². The second-order valence-electron chi connectivity index (χ2n) is 5.56. The van der Waals surface area contributed by atoms with Gasteiger partial charge in [0.1, 0.15) is 18.0 Å². The number of piperidine rings is 1. The van der Waals surface area contributed by atoms with E-state index in [4.69, 9.17) is 0 Å². The molecule has 0 radical (unpaired) electrons. The fraction of sp³-hybridized carbons (Fsp3) is 0.667. The van der Waals surface area contributed by atoms with Crippen LogP contribution in [0, 0.1) is 5.92 Å². The minimum Gasteiger partial charge on any atom is -0.370 e. The van der Waals surface area contributed by atoms with Gasteiger partial charge in [-0.15, -0.1) is 0 Å². The van der Waals surface area contributed by atoms with Gasteiger partial charge in [-0.3, -0.25) is 4.79 Å². The Hall–Kier alpha value is -1.85. The quantitative estimate of drug-likeness (QED) is 0.834. The zero-order valence-electron chi connectivity index (χ0n) is 12.9. The number of rotatable bonds is 6. The van der Waals surface area contributed by atoms with Crippen LogP contribution in [0.25, 0.3) is 0 Å². The molecule has 1 aromatic rings. The number of anilines is 2. The lowest BCUT2D eigenvalue weighted by atomic mass is 9.97. The van der Waals surface area contributed by atoms with Crippen molar-refractivity contribution in [3.8, 4) is 0 Å². The van der Waals surface area contributed by atoms with Crippen molar-refractivity contribution in [1.29, 1.82) is 0 Å². The van der Waals surface area contributed by atoms with Crippen molar-refractivity contribution in [2.75, 3.05) is 36.4 Å². The monoisotopic (exact) mass is 291 g/mol. The smallest absolute Gasteiger partial charge is 0.216 e. The van der Waals surface area contributed by atoms with Crippen LogP contribution in [0.15, 0.2) is 12.4 Å². The van der Waals surface area contributed by atoms with Crippen LogP contribution in [0.5, 0.6) is 0 Å². The highest BCUT2D eigenvalue weighted by atomic mass is 16.1. The molecule has 0 atom stereocenters. The number of nitrogens with zero attached hydrogens (tertiary/aromatic N) is 3. The third kappa shape index (κ3) is 4.88. The molecule has 0 aliphatic carbocycles. The van der Waals surface area contributed by atoms with Crippen molar-refractivity contribution in [2.45, 2.75) is 33.1 Å². The topological polar surface area (TPSA) is 70.2 Å². The second kappa shape index (κ2) is 7.81. The standard InChI is InChI=1S/C15H25N5O/c1-3-6-16-14-9-15(19-11-18-14)20-7-4-13(5-8-20)10-17-12(2)21/h9,11,13H,3-8,10H2,1-2H3,(H,17,21)(H,16,18,19). The fourth-order valence-electron chi connectivity index (χ4n) is 2.52. The Balaban J connectivity index is 1.85. The third-order valence-corrected chi connectivity index (χ3v) is 3.79. The maximum absolute atomic E-state index is 11.0. The van der Waals surface area contributed by atoms with E-state index in [0.29, 0.717) is 5.92 Å². The minimum atomic E-state index is 0.0554. The molecule has 21 heavy (non-hydrogen) atoms. The number of aromatic nitrogens is 2. The number of carbonyl (C=O) groups is 1. The first-order chi connectivity index (χ1) is 10.2. The molecule has 1 amide bonds. The van der Waals surface area contributed by atoms with E-state index in [1.165, 1.54) is 0 Å². The maximum atomic E-state index is 11.0. The first kappa shape index (κ1) is 15.5. The van der Waals surface area contributed by atoms with Gasteiger partial charge < -0.3 is 15.5 Å². The summed E-state index contributed by atoms with van der Waals surface area (Å²) >= 11 is 0. The van der Waals surface area contributed by atoms with E-state index >= 15 is 0 Å². The van der Waals surface area contributed by atoms with Gasteiger partial charge in [-0.25, -0.2) is 9.97 Å². The summed E-state index contributed by atoms with van der Waals surface area (Å²) in [7, 11) is 0. The van der Waals surface area contributed by atoms with Crippen LogP contribution in [-0.4, -0.2) is 42.1 Å². The molecule has 0 saturated carbocycles. The lowest BCUT2D eigenvalue weighted by molar-refractivity contribution is -0.119. The molecule has 1 aliphatic heterocycles. The van der Waals surface area contributed by atoms with Crippen LogP contribution in [0.1, 0.15) is 33.1 Å². The van der Waals surface area contributed by atoms with Gasteiger partial charge in [0.2, 0.25) is 5.91 Å². The minimum absolute atomic E-state index is 0.0554. The molecule has 2 heterocycles. The van der Waals surface area contributed by atoms with E-state index in [1.807, 2.05) is 6.07 Å². The van der Waals surface area contributed by atoms with Gasteiger partial charge >= 0.3 is 0 Å². The summed E-state index contributed by atoms with van der Waals surface area (Å²) in [6.45, 7) is 7.38. The molecule has 2 N–H and O–H groups in total. The number of nitrogens with one attached hydrogen (secondary N) is 2. The Morgan fingerprint density at radius 1 is 1.38 bits per heavy atom. The van der Waals surface area contributed by atoms with Crippen LogP contribution in [0.3, 0.4) is 0 Å². The average molecular weight is 291 g/mol. The van der Waals surface area contributed by atoms with Crippen molar-refractivity contribution in [1.82, 2.24) is 15.3 Å². The average Bonchev–Trinajstić information content (AvgIpc) is 2.51. The molecule has 1 saturated heterocycles. The van der Waals surface area contributed by atoms with Crippen LogP contribution in [0.2, 0.25) is 0 Å². The van der Waals surface area contributed by atoms with E-state index in [0.717, 1.165) is 57.1 Å². The number of hydrogen-bond donors (Lipinski definition) is 2. The number of hydrogen-bond acceptors (Lipinski definition) is 5. The Bertz CT molecular complexity index is 457. The van der Waals surface area contributed by atoms with E-state index in [9.17, 15) is 4.79 Å². The van der Waals surface area contributed by atoms with Crippen molar-refractivity contribution in [3.05, 3.63) is 12.4 Å². The van der Waals surface area contributed by atoms with Crippen molar-refractivity contribution < 1.29 is 4.79 Å². The Morgan fingerprint density at radius 3 is 2.81 bits per heavy atom. The summed E-state index contributed by atoms with van der Waals surface area (Å²) in [6, 6.07) is 2.02. The summed E-state index contributed by atoms with van der Waals surface area (Å²) < 4.78 is 0. The molecule has 6 heteroatoms. The first-order valence-electron chi connectivity index (χ1n) is 7.74. The molecule has 0 unspecified atom stereocenters. The van der Waals surface area contributed by atoms with E-state index < -0.39 is 0 Å². The first-order valence-corrected chi connectivity index (χ1v) is 7.74. The summed E-state index contributed by atoms with van der Waals surface area (Å²) in [5.74, 6) is 2.51. The Morgan fingerprint density at radius 2 is 2.14 bits per heavy atom. The van der Waals surface area contributed by atoms with Crippen molar-refractivity contribution in [3.63, 3.8) is 0 Å². The SMILES string of the molecule is CCCNc1cc(N2CCC(CNC(C)=O)CC2)ncn1. The zero-order chi connectivity index (χ0) is 15.1. The highest BCUT2D eigenvalue weighted by Crippen LogP contribution is 2.22. The largest absolute Gasteiger partial charge is 0.370 e. The summed E-state index contributed by atoms with van der Waals surface area (Å²) in [6.07, 6.45) is 4.87. The van der Waals surface area contributed by atoms with E-state index in [1.54, 1.807) is 13.3 Å². The van der Waals surface area contributed by atoms with Crippen molar-refractivity contribution >= 4 is 17.5 Å². The molecule has 116 valence electrons. The molecule has 6 nitrogen and oxygen atoms in total. The van der Waals surface area contributed by atoms with Gasteiger partial charge in [-0.2, -0.15) is 0 Å². The molecule has 1 aliphatic rings. The predicted octanol–water partition coefficient (Wildman–Crippen LogP) is 1.65. The molecule has 0 aromatic carbocycles. The molecule has 1 fully saturated rings. The molecular weight excluding hydrogens is 266 g/mol. The number of carbonyl (C=O) groups excluding carboxylic acids is 1. The highest BCUT2D eigenvalue weighted by Gasteiger charge is 2.20. The molecule has 2 rings (SSSR count). The van der Waals surface area contributed by atoms with Crippen LogP contribution in [0.4, 0.5) is 11.6 Å². The van der Waals surface area contributed by atoms with Crippen LogP contribution in [-0.2, 0) is 4.79 Å². The molecule has 0 spiro atoms. The van der Waals surface area contributed by atoms with Gasteiger partial charge in [0.25, 0.3) is 0 Å². The van der Waals surface area contributed by atoms with Crippen molar-refractivity contribution in [2.24, 2.45) is 5.92 Å². The predicted molar refractivity (Wildman–Crippen MR) is 84.4 cm³/mol. The number of amides is 1. The zero-order valence-corrected chi connectivity index (χ0v) is 12.9. The summed E-state index contributed by atoms with van der Waals surface area (Å²) in [4.78, 5) is 21.9. The van der Waals surface area contributed by atoms with Gasteiger partial charge in [-0.1, -0.05) is 6.92 Å². The van der Waals surface area contributed by atoms with Crippen LogP contribution >= 0.6 is 0 Å². The van der Waals surface area contributed by atoms with E-state index in [2.05, 4.69) is 32.4 Å². The lowest BCUT2D eigenvalue weighted by Gasteiger charge is -2.32. The van der Waals surface area contributed by atoms with Gasteiger partial charge in [0.15, 0.2) is 0 Å². The van der Waals surface area contributed by atoms with Gasteiger partial charge in [0.05, 0.1) is 0 Å². The second-order valence-corrected chi connectivity index (χ2v) is 5.56. The third-order valence-electron chi connectivity index (χ3n) is 3.79. The van der Waals surface area contributed by atoms with E-state index in [-0.39, 0.29) is 5.91 Å². The molecule has 1 aromatic heterocycles. The molecule has 0 bridgehead atoms. The fourth-order valence-corrected chi connectivity index (χ4v) is 2.52. The van der Waals surface area contributed by atoms with Gasteiger partial charge in [-0.05, 0) is 25.2 Å².